The summed E-state index contributed by atoms with van der Waals surface area (Å²) in [4.78, 5) is 28.0. The first-order valence-electron chi connectivity index (χ1n) is 8.30. The third-order valence-electron chi connectivity index (χ3n) is 4.96. The van der Waals surface area contributed by atoms with E-state index in [0.717, 1.165) is 0 Å². The second-order valence-electron chi connectivity index (χ2n) is 7.08. The summed E-state index contributed by atoms with van der Waals surface area (Å²) < 4.78 is 17.1. The molecule has 0 spiro atoms. The number of ketones is 1. The predicted molar refractivity (Wildman–Crippen MR) is 100 cm³/mol. The quantitative estimate of drug-likeness (QED) is 0.696. The van der Waals surface area contributed by atoms with Crippen LogP contribution in [0.2, 0.25) is 0 Å². The number of anilines is 1. The van der Waals surface area contributed by atoms with E-state index in [0.29, 0.717) is 15.9 Å². The molecule has 2 aliphatic rings. The maximum atomic E-state index is 13.3. The normalized spacial score (nSPS) is 30.7. The highest BCUT2D eigenvalue weighted by atomic mass is 79.9. The van der Waals surface area contributed by atoms with Crippen molar-refractivity contribution in [3.63, 3.8) is 0 Å². The van der Waals surface area contributed by atoms with Crippen LogP contribution in [-0.2, 0) is 19.1 Å². The summed E-state index contributed by atoms with van der Waals surface area (Å²) in [5, 5.41) is 0. The fraction of sp³-hybridized carbons (Fsp3) is 0.474. The first-order chi connectivity index (χ1) is 12.1. The van der Waals surface area contributed by atoms with E-state index in [2.05, 4.69) is 22.5 Å². The minimum absolute atomic E-state index is 0.230. The molecule has 1 amide bonds. The van der Waals surface area contributed by atoms with E-state index < -0.39 is 23.3 Å². The molecular formula is C19H22BrNO5. The smallest absolute Gasteiger partial charge is 0.246 e. The maximum Gasteiger partial charge on any atom is 0.246 e. The van der Waals surface area contributed by atoms with Gasteiger partial charge in [0.15, 0.2) is 11.6 Å². The van der Waals surface area contributed by atoms with Crippen LogP contribution < -0.4 is 9.64 Å². The van der Waals surface area contributed by atoms with Gasteiger partial charge in [0.2, 0.25) is 5.91 Å². The molecule has 0 unspecified atom stereocenters. The average Bonchev–Trinajstić information content (AvgIpc) is 3.05. The first-order valence-corrected chi connectivity index (χ1v) is 9.10. The fourth-order valence-corrected chi connectivity index (χ4v) is 3.73. The Bertz CT molecular complexity index is 760. The third-order valence-corrected chi connectivity index (χ3v) is 5.75. The monoisotopic (exact) mass is 423 g/mol. The molecule has 0 bridgehead atoms. The van der Waals surface area contributed by atoms with Crippen LogP contribution in [0.4, 0.5) is 5.69 Å². The maximum absolute atomic E-state index is 13.3. The van der Waals surface area contributed by atoms with Gasteiger partial charge < -0.3 is 14.2 Å². The van der Waals surface area contributed by atoms with Crippen LogP contribution in [0.5, 0.6) is 5.75 Å². The van der Waals surface area contributed by atoms with Gasteiger partial charge in [0.25, 0.3) is 0 Å². The van der Waals surface area contributed by atoms with E-state index in [4.69, 9.17) is 14.2 Å². The summed E-state index contributed by atoms with van der Waals surface area (Å²) in [6.07, 6.45) is -0.558. The molecule has 3 atom stereocenters. The summed E-state index contributed by atoms with van der Waals surface area (Å²) in [5.74, 6) is -0.735. The zero-order chi connectivity index (χ0) is 19.3. The van der Waals surface area contributed by atoms with Crippen molar-refractivity contribution < 1.29 is 23.8 Å². The Kier molecular flexibility index (Phi) is 4.75. The van der Waals surface area contributed by atoms with Crippen LogP contribution in [0.3, 0.4) is 0 Å². The molecule has 2 fully saturated rings. The topological polar surface area (TPSA) is 65.1 Å². The molecule has 1 aromatic carbocycles. The van der Waals surface area contributed by atoms with Gasteiger partial charge in [-0.1, -0.05) is 22.5 Å². The van der Waals surface area contributed by atoms with Crippen LogP contribution in [0.25, 0.3) is 0 Å². The van der Waals surface area contributed by atoms with Crippen LogP contribution in [0, 0.1) is 5.41 Å². The molecule has 26 heavy (non-hydrogen) atoms. The molecule has 7 heteroatoms. The van der Waals surface area contributed by atoms with Gasteiger partial charge in [-0.15, -0.1) is 0 Å². The van der Waals surface area contributed by atoms with E-state index in [1.54, 1.807) is 52.1 Å². The Morgan fingerprint density at radius 3 is 2.35 bits per heavy atom. The van der Waals surface area contributed by atoms with Crippen molar-refractivity contribution in [3.8, 4) is 5.75 Å². The molecule has 140 valence electrons. The lowest BCUT2D eigenvalue weighted by molar-refractivity contribution is -0.144. The van der Waals surface area contributed by atoms with Gasteiger partial charge in [0.05, 0.1) is 13.7 Å². The number of rotatable bonds is 4. The largest absolute Gasteiger partial charge is 0.497 e. The molecule has 2 heterocycles. The van der Waals surface area contributed by atoms with Gasteiger partial charge in [0, 0.05) is 10.2 Å². The molecular weight excluding hydrogens is 402 g/mol. The Labute approximate surface area is 161 Å². The van der Waals surface area contributed by atoms with Crippen molar-refractivity contribution in [2.24, 2.45) is 5.41 Å². The highest BCUT2D eigenvalue weighted by Gasteiger charge is 2.61. The van der Waals surface area contributed by atoms with Crippen molar-refractivity contribution >= 4 is 33.3 Å². The lowest BCUT2D eigenvalue weighted by atomic mass is 9.85. The van der Waals surface area contributed by atoms with Crippen LogP contribution >= 0.6 is 15.9 Å². The molecule has 6 nitrogen and oxygen atoms in total. The van der Waals surface area contributed by atoms with Crippen molar-refractivity contribution in [1.29, 1.82) is 0 Å². The number of hydrogen-bond acceptors (Lipinski definition) is 5. The number of methoxy groups -OCH3 is 1. The Balaban J connectivity index is 2.06. The number of amides is 1. The van der Waals surface area contributed by atoms with Gasteiger partial charge >= 0.3 is 0 Å². The van der Waals surface area contributed by atoms with E-state index in [-0.39, 0.29) is 18.3 Å². The number of ether oxygens (including phenoxy) is 3. The standard InChI is InChI=1S/C19H22BrNO5/c1-11(20)19(4)16(22)15(14-10-25-18(2,3)26-14)21(17(19)23)12-6-8-13(24-5)9-7-12/h6-9,14-15H,1,10H2,2-5H3/t14-,15+,19+/m1/s1. The molecule has 2 aliphatic heterocycles. The Hall–Kier alpha value is -1.70. The summed E-state index contributed by atoms with van der Waals surface area (Å²) >= 11 is 3.26. The van der Waals surface area contributed by atoms with Crippen molar-refractivity contribution in [3.05, 3.63) is 35.3 Å². The average molecular weight is 424 g/mol. The summed E-state index contributed by atoms with van der Waals surface area (Å²) in [7, 11) is 1.57. The lowest BCUT2D eigenvalue weighted by Gasteiger charge is -2.28. The van der Waals surface area contributed by atoms with E-state index in [9.17, 15) is 9.59 Å². The minimum atomic E-state index is -1.36. The number of benzene rings is 1. The molecule has 3 rings (SSSR count). The number of hydrogen-bond donors (Lipinski definition) is 0. The Morgan fingerprint density at radius 1 is 1.27 bits per heavy atom. The molecule has 0 aromatic heterocycles. The van der Waals surface area contributed by atoms with E-state index >= 15 is 0 Å². The SMILES string of the molecule is C=C(Br)[C@@]1(C)C(=O)[C@H]([C@H]2COC(C)(C)O2)N(c2ccc(OC)cc2)C1=O. The van der Waals surface area contributed by atoms with E-state index in [1.807, 2.05) is 0 Å². The number of carbonyl (C=O) groups is 2. The van der Waals surface area contributed by atoms with Gasteiger partial charge in [-0.05, 0) is 45.0 Å². The number of nitrogens with zero attached hydrogens (tertiary/aromatic N) is 1. The predicted octanol–water partition coefficient (Wildman–Crippen LogP) is 3.05. The van der Waals surface area contributed by atoms with Crippen LogP contribution in [-0.4, -0.2) is 43.3 Å². The number of halogens is 1. The Morgan fingerprint density at radius 2 is 1.88 bits per heavy atom. The van der Waals surface area contributed by atoms with Crippen molar-refractivity contribution in [2.45, 2.75) is 38.7 Å². The van der Waals surface area contributed by atoms with Gasteiger partial charge in [0.1, 0.15) is 23.3 Å². The third kappa shape index (κ3) is 2.88. The summed E-state index contributed by atoms with van der Waals surface area (Å²) in [6.45, 7) is 9.20. The second kappa shape index (κ2) is 6.48. The second-order valence-corrected chi connectivity index (χ2v) is 8.04. The highest BCUT2D eigenvalue weighted by molar-refractivity contribution is 9.11. The van der Waals surface area contributed by atoms with Crippen LogP contribution in [0.1, 0.15) is 20.8 Å². The molecule has 0 radical (unpaired) electrons. The first kappa shape index (κ1) is 19.1. The summed E-state index contributed by atoms with van der Waals surface area (Å²) in [6, 6.07) is 6.20. The van der Waals surface area contributed by atoms with Crippen molar-refractivity contribution in [1.82, 2.24) is 0 Å². The minimum Gasteiger partial charge on any atom is -0.497 e. The van der Waals surface area contributed by atoms with Gasteiger partial charge in [-0.25, -0.2) is 0 Å². The zero-order valence-electron chi connectivity index (χ0n) is 15.2. The molecule has 0 saturated carbocycles. The summed E-state index contributed by atoms with van der Waals surface area (Å²) in [5.41, 5.74) is -0.763. The number of Topliss-reactive ketones (excluding diaryl/α,β-unsaturated/α-hetero) is 1. The van der Waals surface area contributed by atoms with Gasteiger partial charge in [-0.3, -0.25) is 14.5 Å². The van der Waals surface area contributed by atoms with E-state index in [1.165, 1.54) is 4.90 Å². The molecule has 0 aliphatic carbocycles. The van der Waals surface area contributed by atoms with Gasteiger partial charge in [-0.2, -0.15) is 0 Å². The van der Waals surface area contributed by atoms with Crippen LogP contribution in [0.15, 0.2) is 35.3 Å². The van der Waals surface area contributed by atoms with Crippen molar-refractivity contribution in [2.75, 3.05) is 18.6 Å². The molecule has 0 N–H and O–H groups in total. The molecule has 1 aromatic rings. The number of carbonyl (C=O) groups excluding carboxylic acids is 2. The fourth-order valence-electron chi connectivity index (χ4n) is 3.36. The highest BCUT2D eigenvalue weighted by Crippen LogP contribution is 2.45. The zero-order valence-corrected chi connectivity index (χ0v) is 16.8. The molecule has 2 saturated heterocycles. The lowest BCUT2D eigenvalue weighted by Crippen LogP contribution is -2.46.